The summed E-state index contributed by atoms with van der Waals surface area (Å²) in [6, 6.07) is 5.33. The molecule has 88 valence electrons. The van der Waals surface area contributed by atoms with Gasteiger partial charge in [-0.25, -0.2) is 0 Å². The van der Waals surface area contributed by atoms with Crippen LogP contribution in [-0.4, -0.2) is 21.7 Å². The first-order valence-corrected chi connectivity index (χ1v) is 6.50. The Kier molecular flexibility index (Phi) is 3.76. The molecule has 0 radical (unpaired) electrons. The van der Waals surface area contributed by atoms with Gasteiger partial charge in [0.25, 0.3) is 5.91 Å². The van der Waals surface area contributed by atoms with Gasteiger partial charge in [-0.3, -0.25) is 4.79 Å². The van der Waals surface area contributed by atoms with Gasteiger partial charge in [0.05, 0.1) is 28.6 Å². The van der Waals surface area contributed by atoms with Gasteiger partial charge in [-0.05, 0) is 18.2 Å². The fourth-order valence-electron chi connectivity index (χ4n) is 1.29. The second-order valence-corrected chi connectivity index (χ2v) is 5.13. The van der Waals surface area contributed by atoms with Crippen LogP contribution in [0.25, 0.3) is 0 Å². The molecule has 1 aromatic carbocycles. The van der Waals surface area contributed by atoms with Crippen LogP contribution in [0.4, 0.5) is 5.69 Å². The van der Waals surface area contributed by atoms with Crippen LogP contribution >= 0.6 is 39.3 Å². The number of benzene rings is 1. The Morgan fingerprint density at radius 3 is 2.88 bits per heavy atom. The molecule has 0 bridgehead atoms. The third-order valence-corrected chi connectivity index (χ3v) is 3.43. The van der Waals surface area contributed by atoms with Gasteiger partial charge in [-0.2, -0.15) is 8.75 Å². The molecule has 0 aliphatic carbocycles. The second kappa shape index (κ2) is 5.12. The van der Waals surface area contributed by atoms with Crippen LogP contribution in [0.1, 0.15) is 10.5 Å². The second-order valence-electron chi connectivity index (χ2n) is 3.25. The van der Waals surface area contributed by atoms with Gasteiger partial charge in [0, 0.05) is 11.5 Å². The zero-order chi connectivity index (χ0) is 12.4. The maximum atomic E-state index is 12.0. The lowest BCUT2D eigenvalue weighted by Crippen LogP contribution is -2.26. The summed E-state index contributed by atoms with van der Waals surface area (Å²) in [5, 5.41) is 0.499. The van der Waals surface area contributed by atoms with Crippen LogP contribution < -0.4 is 4.90 Å². The van der Waals surface area contributed by atoms with Crippen LogP contribution in [0.3, 0.4) is 0 Å². The smallest absolute Gasteiger partial charge is 0.279 e. The normalized spacial score (nSPS) is 10.3. The Hall–Kier alpha value is -0.980. The largest absolute Gasteiger partial charge is 0.309 e. The number of nitrogens with zero attached hydrogens (tertiary/aromatic N) is 3. The van der Waals surface area contributed by atoms with Crippen molar-refractivity contribution < 1.29 is 4.79 Å². The zero-order valence-corrected chi connectivity index (χ0v) is 11.9. The minimum Gasteiger partial charge on any atom is -0.309 e. The number of anilines is 1. The summed E-state index contributed by atoms with van der Waals surface area (Å²) >= 11 is 10.4. The minimum atomic E-state index is -0.233. The van der Waals surface area contributed by atoms with Crippen molar-refractivity contribution in [1.82, 2.24) is 8.75 Å². The van der Waals surface area contributed by atoms with Crippen LogP contribution in [0, 0.1) is 0 Å². The number of hydrogen-bond acceptors (Lipinski definition) is 4. The van der Waals surface area contributed by atoms with E-state index in [1.54, 1.807) is 19.2 Å². The molecule has 1 heterocycles. The van der Waals surface area contributed by atoms with Gasteiger partial charge in [0.15, 0.2) is 5.69 Å². The highest BCUT2D eigenvalue weighted by Gasteiger charge is 2.18. The van der Waals surface area contributed by atoms with E-state index in [9.17, 15) is 4.79 Å². The molecule has 1 aromatic heterocycles. The Morgan fingerprint density at radius 1 is 1.53 bits per heavy atom. The predicted molar refractivity (Wildman–Crippen MR) is 71.8 cm³/mol. The molecule has 0 unspecified atom stereocenters. The van der Waals surface area contributed by atoms with Crippen molar-refractivity contribution in [2.45, 2.75) is 0 Å². The van der Waals surface area contributed by atoms with Gasteiger partial charge in [0.1, 0.15) is 0 Å². The van der Waals surface area contributed by atoms with Crippen LogP contribution in [0.15, 0.2) is 28.9 Å². The summed E-state index contributed by atoms with van der Waals surface area (Å²) in [4.78, 5) is 13.5. The summed E-state index contributed by atoms with van der Waals surface area (Å²) < 4.78 is 8.56. The first-order chi connectivity index (χ1) is 8.09. The monoisotopic (exact) mass is 331 g/mol. The molecule has 0 aliphatic rings. The van der Waals surface area contributed by atoms with E-state index in [0.717, 1.165) is 16.2 Å². The highest BCUT2D eigenvalue weighted by molar-refractivity contribution is 9.10. The number of aromatic nitrogens is 2. The molecule has 0 aliphatic heterocycles. The van der Waals surface area contributed by atoms with E-state index >= 15 is 0 Å². The molecule has 0 saturated heterocycles. The SMILES string of the molecule is CN(C(=O)c1cnsn1)c1ccc(Br)cc1Cl. The lowest BCUT2D eigenvalue weighted by atomic mass is 10.3. The Balaban J connectivity index is 2.31. The Bertz CT molecular complexity index is 546. The van der Waals surface area contributed by atoms with E-state index in [0.29, 0.717) is 16.4 Å². The molecular formula is C10H7BrClN3OS. The van der Waals surface area contributed by atoms with Crippen LogP contribution in [0.2, 0.25) is 5.02 Å². The highest BCUT2D eigenvalue weighted by Crippen LogP contribution is 2.28. The van der Waals surface area contributed by atoms with E-state index in [4.69, 9.17) is 11.6 Å². The van der Waals surface area contributed by atoms with E-state index in [1.807, 2.05) is 6.07 Å². The van der Waals surface area contributed by atoms with E-state index in [2.05, 4.69) is 24.7 Å². The molecule has 0 N–H and O–H groups in total. The molecule has 1 amide bonds. The average Bonchev–Trinajstić information content (AvgIpc) is 2.80. The summed E-state index contributed by atoms with van der Waals surface area (Å²) in [6.07, 6.45) is 1.44. The minimum absolute atomic E-state index is 0.233. The highest BCUT2D eigenvalue weighted by atomic mass is 79.9. The third kappa shape index (κ3) is 2.65. The molecule has 7 heteroatoms. The fraction of sp³-hybridized carbons (Fsp3) is 0.100. The Morgan fingerprint density at radius 2 is 2.29 bits per heavy atom. The molecular weight excluding hydrogens is 326 g/mol. The Labute approximate surface area is 116 Å². The van der Waals surface area contributed by atoms with Crippen molar-refractivity contribution >= 4 is 50.9 Å². The first-order valence-electron chi connectivity index (χ1n) is 4.60. The number of carbonyl (C=O) groups is 1. The molecule has 2 rings (SSSR count). The van der Waals surface area contributed by atoms with Gasteiger partial charge in [-0.15, -0.1) is 0 Å². The topological polar surface area (TPSA) is 46.1 Å². The van der Waals surface area contributed by atoms with Crippen molar-refractivity contribution in [2.75, 3.05) is 11.9 Å². The molecule has 4 nitrogen and oxygen atoms in total. The maximum absolute atomic E-state index is 12.0. The molecule has 0 spiro atoms. The molecule has 0 saturated carbocycles. The number of halogens is 2. The quantitative estimate of drug-likeness (QED) is 0.848. The lowest BCUT2D eigenvalue weighted by Gasteiger charge is -2.17. The number of rotatable bonds is 2. The first kappa shape index (κ1) is 12.5. The van der Waals surface area contributed by atoms with Gasteiger partial charge in [0.2, 0.25) is 0 Å². The number of amides is 1. The molecule has 2 aromatic rings. The fourth-order valence-corrected chi connectivity index (χ4v) is 2.50. The van der Waals surface area contributed by atoms with Gasteiger partial charge >= 0.3 is 0 Å². The van der Waals surface area contributed by atoms with Crippen molar-refractivity contribution in [2.24, 2.45) is 0 Å². The van der Waals surface area contributed by atoms with Crippen molar-refractivity contribution in [1.29, 1.82) is 0 Å². The van der Waals surface area contributed by atoms with E-state index in [-0.39, 0.29) is 5.91 Å². The summed E-state index contributed by atoms with van der Waals surface area (Å²) in [7, 11) is 1.65. The van der Waals surface area contributed by atoms with Crippen LogP contribution in [-0.2, 0) is 0 Å². The van der Waals surface area contributed by atoms with Gasteiger partial charge < -0.3 is 4.90 Å². The van der Waals surface area contributed by atoms with E-state index < -0.39 is 0 Å². The maximum Gasteiger partial charge on any atom is 0.279 e. The summed E-state index contributed by atoms with van der Waals surface area (Å²) in [5.74, 6) is -0.233. The lowest BCUT2D eigenvalue weighted by molar-refractivity contribution is 0.0989. The zero-order valence-electron chi connectivity index (χ0n) is 8.72. The number of carbonyl (C=O) groups excluding carboxylic acids is 1. The average molecular weight is 333 g/mol. The predicted octanol–water partition coefficient (Wildman–Crippen LogP) is 3.23. The summed E-state index contributed by atoms with van der Waals surface area (Å²) in [5.41, 5.74) is 0.948. The number of hydrogen-bond donors (Lipinski definition) is 0. The van der Waals surface area contributed by atoms with Crippen molar-refractivity contribution in [3.8, 4) is 0 Å². The van der Waals surface area contributed by atoms with Gasteiger partial charge in [-0.1, -0.05) is 27.5 Å². The van der Waals surface area contributed by atoms with Crippen molar-refractivity contribution in [3.05, 3.63) is 39.6 Å². The third-order valence-electron chi connectivity index (χ3n) is 2.16. The molecule has 0 fully saturated rings. The molecule has 17 heavy (non-hydrogen) atoms. The van der Waals surface area contributed by atoms with E-state index in [1.165, 1.54) is 11.1 Å². The standard InChI is InChI=1S/C10H7BrClN3OS/c1-15(10(16)8-5-13-17-14-8)9-3-2-6(11)4-7(9)12/h2-5H,1H3. The van der Waals surface area contributed by atoms with Crippen LogP contribution in [0.5, 0.6) is 0 Å². The van der Waals surface area contributed by atoms with Crippen molar-refractivity contribution in [3.63, 3.8) is 0 Å². The summed E-state index contributed by atoms with van der Waals surface area (Å²) in [6.45, 7) is 0. The molecule has 0 atom stereocenters.